The smallest absolute Gasteiger partial charge is 0.317 e. The quantitative estimate of drug-likeness (QED) is 0.820. The van der Waals surface area contributed by atoms with Crippen LogP contribution < -0.4 is 5.32 Å². The maximum atomic E-state index is 11.8. The van der Waals surface area contributed by atoms with Crippen LogP contribution in [0.1, 0.15) is 31.4 Å². The third-order valence-corrected chi connectivity index (χ3v) is 3.38. The van der Waals surface area contributed by atoms with Crippen molar-refractivity contribution in [3.05, 3.63) is 18.0 Å². The van der Waals surface area contributed by atoms with Crippen LogP contribution >= 0.6 is 0 Å². The van der Waals surface area contributed by atoms with Gasteiger partial charge in [-0.1, -0.05) is 0 Å². The van der Waals surface area contributed by atoms with Gasteiger partial charge in [-0.15, -0.1) is 0 Å². The first-order valence-corrected chi connectivity index (χ1v) is 6.84. The van der Waals surface area contributed by atoms with Crippen molar-refractivity contribution in [1.82, 2.24) is 20.4 Å². The predicted octanol–water partition coefficient (Wildman–Crippen LogP) is 1.51. The Labute approximate surface area is 113 Å². The Morgan fingerprint density at radius 2 is 2.58 bits per heavy atom. The van der Waals surface area contributed by atoms with E-state index in [1.54, 1.807) is 11.1 Å². The Morgan fingerprint density at radius 1 is 1.68 bits per heavy atom. The zero-order chi connectivity index (χ0) is 13.5. The van der Waals surface area contributed by atoms with Crippen molar-refractivity contribution in [1.29, 1.82) is 0 Å². The van der Waals surface area contributed by atoms with Gasteiger partial charge in [-0.3, -0.25) is 5.10 Å². The molecule has 0 bridgehead atoms. The number of carbonyl (C=O) groups excluding carboxylic acids is 1. The third-order valence-electron chi connectivity index (χ3n) is 3.38. The zero-order valence-corrected chi connectivity index (χ0v) is 11.4. The molecule has 2 rings (SSSR count). The lowest BCUT2D eigenvalue weighted by Crippen LogP contribution is -2.37. The summed E-state index contributed by atoms with van der Waals surface area (Å²) in [5, 5.41) is 9.49. The van der Waals surface area contributed by atoms with E-state index in [2.05, 4.69) is 15.5 Å². The topological polar surface area (TPSA) is 70.2 Å². The monoisotopic (exact) mass is 266 g/mol. The van der Waals surface area contributed by atoms with Crippen LogP contribution in [0.2, 0.25) is 0 Å². The van der Waals surface area contributed by atoms with E-state index in [1.807, 2.05) is 13.1 Å². The van der Waals surface area contributed by atoms with Crippen LogP contribution in [-0.2, 0) is 11.3 Å². The number of nitrogens with one attached hydrogen (secondary N) is 2. The number of ether oxygens (including phenoxy) is 1. The van der Waals surface area contributed by atoms with Gasteiger partial charge in [-0.2, -0.15) is 5.10 Å². The minimum atomic E-state index is -0.0538. The van der Waals surface area contributed by atoms with Gasteiger partial charge in [0.15, 0.2) is 0 Å². The second kappa shape index (κ2) is 7.13. The minimum Gasteiger partial charge on any atom is -0.378 e. The fourth-order valence-electron chi connectivity index (χ4n) is 2.22. The lowest BCUT2D eigenvalue weighted by molar-refractivity contribution is 0.100. The first kappa shape index (κ1) is 13.9. The molecule has 0 spiro atoms. The molecular formula is C13H22N4O2. The SMILES string of the molecule is CN(CCC[C@@H]1CCCO1)C(=O)NCc1ccn[nH]1. The number of carbonyl (C=O) groups is 1. The maximum Gasteiger partial charge on any atom is 0.317 e. The molecule has 1 aromatic heterocycles. The van der Waals surface area contributed by atoms with E-state index < -0.39 is 0 Å². The number of hydrogen-bond donors (Lipinski definition) is 2. The molecule has 2 heterocycles. The molecule has 6 heteroatoms. The van der Waals surface area contributed by atoms with Crippen LogP contribution in [-0.4, -0.2) is 47.4 Å². The molecule has 0 radical (unpaired) electrons. The zero-order valence-electron chi connectivity index (χ0n) is 11.4. The number of amides is 2. The molecule has 0 aliphatic carbocycles. The van der Waals surface area contributed by atoms with Gasteiger partial charge in [0.25, 0.3) is 0 Å². The fourth-order valence-corrected chi connectivity index (χ4v) is 2.22. The van der Waals surface area contributed by atoms with Crippen molar-refractivity contribution < 1.29 is 9.53 Å². The number of aromatic nitrogens is 2. The van der Waals surface area contributed by atoms with Crippen molar-refractivity contribution in [2.24, 2.45) is 0 Å². The number of rotatable bonds is 6. The van der Waals surface area contributed by atoms with E-state index in [0.717, 1.165) is 38.1 Å². The van der Waals surface area contributed by atoms with Gasteiger partial charge in [-0.05, 0) is 31.7 Å². The highest BCUT2D eigenvalue weighted by atomic mass is 16.5. The Bertz CT molecular complexity index is 374. The second-order valence-corrected chi connectivity index (χ2v) is 4.94. The number of urea groups is 1. The number of nitrogens with zero attached hydrogens (tertiary/aromatic N) is 2. The van der Waals surface area contributed by atoms with Crippen LogP contribution in [0.4, 0.5) is 4.79 Å². The Morgan fingerprint density at radius 3 is 3.26 bits per heavy atom. The standard InChI is InChI=1S/C13H22N4O2/c1-17(8-2-4-12-5-3-9-19-12)13(18)14-10-11-6-7-15-16-11/h6-7,12H,2-5,8-10H2,1H3,(H,14,18)(H,15,16)/t12-/m1/s1. The summed E-state index contributed by atoms with van der Waals surface area (Å²) >= 11 is 0. The molecule has 106 valence electrons. The molecule has 1 aliphatic heterocycles. The van der Waals surface area contributed by atoms with Crippen LogP contribution in [0.25, 0.3) is 0 Å². The lowest BCUT2D eigenvalue weighted by Gasteiger charge is -2.18. The molecular weight excluding hydrogens is 244 g/mol. The molecule has 0 unspecified atom stereocenters. The van der Waals surface area contributed by atoms with E-state index in [9.17, 15) is 4.79 Å². The van der Waals surface area contributed by atoms with Crippen molar-refractivity contribution in [3.8, 4) is 0 Å². The summed E-state index contributed by atoms with van der Waals surface area (Å²) in [5.74, 6) is 0. The second-order valence-electron chi connectivity index (χ2n) is 4.94. The van der Waals surface area contributed by atoms with Gasteiger partial charge in [0.1, 0.15) is 0 Å². The Hall–Kier alpha value is -1.56. The van der Waals surface area contributed by atoms with Crippen LogP contribution in [0.3, 0.4) is 0 Å². The van der Waals surface area contributed by atoms with E-state index in [4.69, 9.17) is 4.74 Å². The van der Waals surface area contributed by atoms with Crippen molar-refractivity contribution in [2.75, 3.05) is 20.2 Å². The number of hydrogen-bond acceptors (Lipinski definition) is 3. The highest BCUT2D eigenvalue weighted by molar-refractivity contribution is 5.73. The molecule has 1 fully saturated rings. The maximum absolute atomic E-state index is 11.8. The van der Waals surface area contributed by atoms with Crippen LogP contribution in [0.5, 0.6) is 0 Å². The summed E-state index contributed by atoms with van der Waals surface area (Å²) in [5.41, 5.74) is 0.904. The highest BCUT2D eigenvalue weighted by Crippen LogP contribution is 2.16. The number of aromatic amines is 1. The van der Waals surface area contributed by atoms with Crippen LogP contribution in [0.15, 0.2) is 12.3 Å². The summed E-state index contributed by atoms with van der Waals surface area (Å²) in [7, 11) is 1.82. The summed E-state index contributed by atoms with van der Waals surface area (Å²) < 4.78 is 5.56. The Kier molecular flexibility index (Phi) is 5.20. The molecule has 0 aromatic carbocycles. The van der Waals surface area contributed by atoms with Crippen molar-refractivity contribution >= 4 is 6.03 Å². The average molecular weight is 266 g/mol. The molecule has 1 aromatic rings. The molecule has 1 saturated heterocycles. The molecule has 2 amide bonds. The highest BCUT2D eigenvalue weighted by Gasteiger charge is 2.15. The van der Waals surface area contributed by atoms with Gasteiger partial charge in [0, 0.05) is 26.4 Å². The van der Waals surface area contributed by atoms with Gasteiger partial charge in [0.2, 0.25) is 0 Å². The minimum absolute atomic E-state index is 0.0538. The molecule has 0 saturated carbocycles. The molecule has 1 aliphatic rings. The van der Waals surface area contributed by atoms with E-state index in [0.29, 0.717) is 12.6 Å². The largest absolute Gasteiger partial charge is 0.378 e. The Balaban J connectivity index is 1.59. The van der Waals surface area contributed by atoms with Crippen molar-refractivity contribution in [2.45, 2.75) is 38.3 Å². The average Bonchev–Trinajstić information content (AvgIpc) is 3.08. The molecule has 2 N–H and O–H groups in total. The van der Waals surface area contributed by atoms with Gasteiger partial charge in [0.05, 0.1) is 18.3 Å². The molecule has 19 heavy (non-hydrogen) atoms. The lowest BCUT2D eigenvalue weighted by atomic mass is 10.1. The third kappa shape index (κ3) is 4.55. The molecule has 1 atom stereocenters. The normalized spacial score (nSPS) is 18.5. The van der Waals surface area contributed by atoms with Crippen molar-refractivity contribution in [3.63, 3.8) is 0 Å². The first-order valence-electron chi connectivity index (χ1n) is 6.84. The summed E-state index contributed by atoms with van der Waals surface area (Å²) in [4.78, 5) is 13.5. The van der Waals surface area contributed by atoms with E-state index >= 15 is 0 Å². The van der Waals surface area contributed by atoms with Gasteiger partial charge < -0.3 is 15.0 Å². The van der Waals surface area contributed by atoms with Gasteiger partial charge in [-0.25, -0.2) is 4.79 Å². The van der Waals surface area contributed by atoms with Crippen LogP contribution in [0, 0.1) is 0 Å². The summed E-state index contributed by atoms with van der Waals surface area (Å²) in [6.45, 7) is 2.13. The van der Waals surface area contributed by atoms with Gasteiger partial charge >= 0.3 is 6.03 Å². The first-order chi connectivity index (χ1) is 9.25. The fraction of sp³-hybridized carbons (Fsp3) is 0.692. The summed E-state index contributed by atoms with van der Waals surface area (Å²) in [6.07, 6.45) is 6.44. The number of H-pyrrole nitrogens is 1. The molecule has 6 nitrogen and oxygen atoms in total. The predicted molar refractivity (Wildman–Crippen MR) is 71.7 cm³/mol. The van der Waals surface area contributed by atoms with E-state index in [-0.39, 0.29) is 6.03 Å². The van der Waals surface area contributed by atoms with E-state index in [1.165, 1.54) is 6.42 Å². The summed E-state index contributed by atoms with van der Waals surface area (Å²) in [6, 6.07) is 1.79.